The Morgan fingerprint density at radius 2 is 1.71 bits per heavy atom. The monoisotopic (exact) mass is 995 g/mol. The van der Waals surface area contributed by atoms with Crippen LogP contribution in [0.4, 0.5) is 18.0 Å². The fraction of sp³-hybridized carbons (Fsp3) is 0.571. The van der Waals surface area contributed by atoms with Crippen LogP contribution in [0, 0.1) is 17.8 Å². The highest BCUT2D eigenvalue weighted by atomic mass is 32.2. The highest BCUT2D eigenvalue weighted by Crippen LogP contribution is 2.48. The fourth-order valence-corrected chi connectivity index (χ4v) is 10.8. The van der Waals surface area contributed by atoms with Gasteiger partial charge in [-0.1, -0.05) is 26.0 Å². The summed E-state index contributed by atoms with van der Waals surface area (Å²) in [6, 6.07) is 9.35. The predicted octanol–water partition coefficient (Wildman–Crippen LogP) is 6.43. The van der Waals surface area contributed by atoms with Crippen molar-refractivity contribution in [3.05, 3.63) is 67.0 Å². The van der Waals surface area contributed by atoms with E-state index in [1.165, 1.54) is 11.8 Å². The molecule has 2 saturated heterocycles. The third-order valence-corrected chi connectivity index (χ3v) is 16.1. The lowest BCUT2D eigenvalue weighted by Gasteiger charge is -2.38. The summed E-state index contributed by atoms with van der Waals surface area (Å²) in [6.45, 7) is 7.89. The quantitative estimate of drug-likeness (QED) is 0.177. The van der Waals surface area contributed by atoms with E-state index in [0.29, 0.717) is 54.8 Å². The molecule has 8 unspecified atom stereocenters. The zero-order valence-electron chi connectivity index (χ0n) is 39.8. The molecule has 2 aromatic heterocycles. The Hall–Kier alpha value is -5.83. The van der Waals surface area contributed by atoms with Gasteiger partial charge < -0.3 is 34.5 Å². The number of alkyl carbamates (subject to hydrolysis) is 1. The second-order valence-electron chi connectivity index (χ2n) is 20.0. The third kappa shape index (κ3) is 10.9. The minimum absolute atomic E-state index is 0.0204. The van der Waals surface area contributed by atoms with Crippen LogP contribution in [0.1, 0.15) is 92.4 Å². The molecule has 4 fully saturated rings. The summed E-state index contributed by atoms with van der Waals surface area (Å²) in [5, 5.41) is 5.30. The Balaban J connectivity index is 1.14. The number of hydrogen-bond acceptors (Lipinski definition) is 13. The van der Waals surface area contributed by atoms with E-state index in [-0.39, 0.29) is 56.0 Å². The van der Waals surface area contributed by atoms with Gasteiger partial charge in [0.05, 0.1) is 29.7 Å². The van der Waals surface area contributed by atoms with Crippen molar-refractivity contribution >= 4 is 33.8 Å². The van der Waals surface area contributed by atoms with Crippen LogP contribution in [0.25, 0.3) is 22.8 Å². The number of sulfonamides is 1. The van der Waals surface area contributed by atoms with Crippen LogP contribution in [0.3, 0.4) is 0 Å². The molecule has 70 heavy (non-hydrogen) atoms. The second kappa shape index (κ2) is 19.8. The van der Waals surface area contributed by atoms with E-state index >= 15 is 4.79 Å². The number of aromatic nitrogens is 3. The lowest BCUT2D eigenvalue weighted by Crippen LogP contribution is -2.60. The Morgan fingerprint density at radius 1 is 1.00 bits per heavy atom. The normalized spacial score (nSPS) is 29.1. The molecule has 0 bridgehead atoms. The summed E-state index contributed by atoms with van der Waals surface area (Å²) < 4.78 is 94.3. The lowest BCUT2D eigenvalue weighted by atomic mass is 9.88. The molecule has 8 atom stereocenters. The van der Waals surface area contributed by atoms with E-state index in [2.05, 4.69) is 25.3 Å². The highest BCUT2D eigenvalue weighted by Gasteiger charge is 2.63. The van der Waals surface area contributed by atoms with Crippen LogP contribution >= 0.6 is 0 Å². The van der Waals surface area contributed by atoms with Crippen molar-refractivity contribution < 1.29 is 59.7 Å². The SMILES string of the molecule is CC1CCC=CC2CC2(C(=O)NS(=O)(=O)C2(C)CC2)NC(=O)C2CC(Oc3cc(-c4ccc(OC(C)C)cc4)nc(-c4ncccn4)c3)CN2C(=O)C(NC(=O)OC2(C(F)(F)F)CCCOC2)C(C)C1. The summed E-state index contributed by atoms with van der Waals surface area (Å²) in [6.07, 6.45) is 0.852. The van der Waals surface area contributed by atoms with E-state index in [1.54, 1.807) is 55.7 Å². The molecular weight excluding hydrogens is 936 g/mol. The van der Waals surface area contributed by atoms with Gasteiger partial charge in [-0.2, -0.15) is 13.2 Å². The van der Waals surface area contributed by atoms with E-state index in [1.807, 2.05) is 39.0 Å². The van der Waals surface area contributed by atoms with Gasteiger partial charge >= 0.3 is 12.3 Å². The number of nitrogens with zero attached hydrogens (tertiary/aromatic N) is 4. The zero-order chi connectivity index (χ0) is 50.2. The fourth-order valence-electron chi connectivity index (χ4n) is 9.50. The van der Waals surface area contributed by atoms with Crippen molar-refractivity contribution in [2.45, 2.75) is 139 Å². The van der Waals surface area contributed by atoms with Gasteiger partial charge in [-0.05, 0) is 108 Å². The molecule has 2 aliphatic carbocycles. The summed E-state index contributed by atoms with van der Waals surface area (Å²) >= 11 is 0. The first-order valence-corrected chi connectivity index (χ1v) is 25.3. The first-order chi connectivity index (χ1) is 33.1. The Kier molecular flexibility index (Phi) is 14.3. The number of ether oxygens (including phenoxy) is 4. The molecule has 0 radical (unpaired) electrons. The van der Waals surface area contributed by atoms with Crippen molar-refractivity contribution in [1.29, 1.82) is 0 Å². The van der Waals surface area contributed by atoms with Gasteiger partial charge in [-0.3, -0.25) is 19.1 Å². The van der Waals surface area contributed by atoms with Gasteiger partial charge in [0.15, 0.2) is 5.82 Å². The molecule has 3 aliphatic heterocycles. The molecule has 0 spiro atoms. The summed E-state index contributed by atoms with van der Waals surface area (Å²) in [7, 11) is -4.12. The first kappa shape index (κ1) is 50.6. The number of carbonyl (C=O) groups excluding carboxylic acids is 4. The number of alkyl halides is 3. The molecule has 2 saturated carbocycles. The zero-order valence-corrected chi connectivity index (χ0v) is 40.6. The Labute approximate surface area is 405 Å². The number of pyridine rings is 1. The number of hydrogen-bond donors (Lipinski definition) is 3. The summed E-state index contributed by atoms with van der Waals surface area (Å²) in [4.78, 5) is 72.7. The first-order valence-electron chi connectivity index (χ1n) is 23.8. The van der Waals surface area contributed by atoms with Gasteiger partial charge in [0.2, 0.25) is 27.4 Å². The molecule has 5 aliphatic rings. The average Bonchev–Trinajstić information content (AvgIpc) is 4.19. The van der Waals surface area contributed by atoms with Crippen molar-refractivity contribution in [3.63, 3.8) is 0 Å². The number of carbonyl (C=O) groups is 4. The Morgan fingerprint density at radius 3 is 2.37 bits per heavy atom. The minimum Gasteiger partial charge on any atom is -0.491 e. The van der Waals surface area contributed by atoms with Crippen LogP contribution in [0.2, 0.25) is 0 Å². The number of nitrogens with one attached hydrogen (secondary N) is 3. The molecule has 17 nitrogen and oxygen atoms in total. The Bertz CT molecular complexity index is 2580. The van der Waals surface area contributed by atoms with Gasteiger partial charge in [0.1, 0.15) is 40.9 Å². The minimum atomic E-state index is -4.99. The molecule has 3 N–H and O–H groups in total. The van der Waals surface area contributed by atoms with Crippen LogP contribution in [-0.2, 0) is 33.9 Å². The van der Waals surface area contributed by atoms with E-state index < -0.39 is 99.0 Å². The van der Waals surface area contributed by atoms with Gasteiger partial charge in [0, 0.05) is 55.5 Å². The van der Waals surface area contributed by atoms with Crippen molar-refractivity contribution in [1.82, 2.24) is 35.2 Å². The predicted molar refractivity (Wildman–Crippen MR) is 248 cm³/mol. The van der Waals surface area contributed by atoms with E-state index in [0.717, 1.165) is 0 Å². The van der Waals surface area contributed by atoms with E-state index in [4.69, 9.17) is 23.9 Å². The number of fused-ring (bicyclic) bond motifs is 2. The number of benzene rings is 1. The number of halogens is 3. The standard InChI is InChI=1S/C49H60F3N7O10S/c1-29(2)67-34-14-12-32(13-15-34)37-23-35(24-38(55-37)41-53-19-9-20-54-41)68-36-25-39-42(60)57-48(44(62)58-70(64,65)46(5)17-18-46)26-33(48)11-7-6-10-30(3)22-31(4)40(43(61)59(39)27-36)56-45(63)69-47(49(50,51)52)16-8-21-66-28-47/h7,9,11-15,19-20,23-24,29-31,33,36,39-40H,6,8,10,16-18,21-22,25-28H2,1-5H3,(H,56,63)(H,57,60)(H,58,62). The topological polar surface area (TPSA) is 217 Å². The van der Waals surface area contributed by atoms with Crippen LogP contribution in [-0.4, -0.2) is 118 Å². The molecule has 3 aromatic rings. The van der Waals surface area contributed by atoms with Crippen molar-refractivity contribution in [2.75, 3.05) is 19.8 Å². The maximum Gasteiger partial charge on any atom is 0.430 e. The largest absolute Gasteiger partial charge is 0.491 e. The van der Waals surface area contributed by atoms with E-state index in [9.17, 15) is 36.0 Å². The van der Waals surface area contributed by atoms with Gasteiger partial charge in [0.25, 0.3) is 5.91 Å². The molecule has 21 heteroatoms. The van der Waals surface area contributed by atoms with Gasteiger partial charge in [-0.25, -0.2) is 28.2 Å². The van der Waals surface area contributed by atoms with Gasteiger partial charge in [-0.15, -0.1) is 0 Å². The number of amides is 4. The van der Waals surface area contributed by atoms with Crippen LogP contribution in [0.15, 0.2) is 67.0 Å². The molecule has 8 rings (SSSR count). The highest BCUT2D eigenvalue weighted by molar-refractivity contribution is 7.91. The summed E-state index contributed by atoms with van der Waals surface area (Å²) in [5.41, 5.74) is -3.13. The average molecular weight is 996 g/mol. The van der Waals surface area contributed by atoms with Crippen molar-refractivity contribution in [3.8, 4) is 34.3 Å². The molecule has 5 heterocycles. The second-order valence-corrected chi connectivity index (χ2v) is 22.2. The molecular formula is C49H60F3N7O10S. The molecule has 1 aromatic carbocycles. The number of rotatable bonds is 11. The third-order valence-electron chi connectivity index (χ3n) is 13.9. The van der Waals surface area contributed by atoms with Crippen molar-refractivity contribution in [2.24, 2.45) is 17.8 Å². The molecule has 378 valence electrons. The maximum absolute atomic E-state index is 15.2. The summed E-state index contributed by atoms with van der Waals surface area (Å²) in [5.74, 6) is -2.65. The number of allylic oxidation sites excluding steroid dienone is 1. The van der Waals surface area contributed by atoms with Crippen LogP contribution < -0.4 is 24.8 Å². The van der Waals surface area contributed by atoms with Crippen LogP contribution in [0.5, 0.6) is 11.5 Å². The lowest BCUT2D eigenvalue weighted by molar-refractivity contribution is -0.285. The smallest absolute Gasteiger partial charge is 0.430 e. The maximum atomic E-state index is 15.2. The molecule has 4 amide bonds.